The summed E-state index contributed by atoms with van der Waals surface area (Å²) < 4.78 is 0.579. The molecular weight excluding hydrogens is 260 g/mol. The van der Waals surface area contributed by atoms with Crippen LogP contribution in [-0.2, 0) is 0 Å². The Morgan fingerprint density at radius 1 is 1.30 bits per heavy atom. The van der Waals surface area contributed by atoms with Crippen molar-refractivity contribution in [1.82, 2.24) is 4.98 Å². The molecule has 0 unspecified atom stereocenters. The second-order valence-corrected chi connectivity index (χ2v) is 3.46. The lowest BCUT2D eigenvalue weighted by Gasteiger charge is -1.98. The van der Waals surface area contributed by atoms with Gasteiger partial charge in [-0.1, -0.05) is 34.8 Å². The van der Waals surface area contributed by atoms with E-state index in [-0.39, 0.29) is 5.15 Å². The minimum atomic E-state index is 0.248. The Labute approximate surface area is 81.4 Å². The first kappa shape index (κ1) is 8.60. The normalized spacial score (nSPS) is 10.0. The predicted octanol–water partition coefficient (Wildman–Crippen LogP) is 3.80. The molecule has 54 valence electrons. The molecule has 10 heavy (non-hydrogen) atoms. The van der Waals surface area contributed by atoms with Crippen LogP contribution >= 0.6 is 50.7 Å². The molecule has 0 aliphatic heterocycles. The van der Waals surface area contributed by atoms with Crippen molar-refractivity contribution in [3.8, 4) is 0 Å². The summed E-state index contributed by atoms with van der Waals surface area (Å²) in [6.45, 7) is 0. The molecule has 1 aromatic rings. The molecule has 0 aromatic carbocycles. The molecule has 1 nitrogen and oxygen atoms in total. The number of aromatic nitrogens is 1. The Morgan fingerprint density at radius 2 is 1.90 bits per heavy atom. The van der Waals surface area contributed by atoms with Gasteiger partial charge in [-0.3, -0.25) is 0 Å². The minimum absolute atomic E-state index is 0.248. The Balaban J connectivity index is 3.34. The van der Waals surface area contributed by atoms with E-state index in [1.54, 1.807) is 0 Å². The maximum atomic E-state index is 5.66. The summed E-state index contributed by atoms with van der Waals surface area (Å²) in [6.07, 6.45) is 1.43. The molecule has 0 fully saturated rings. The molecule has 5 heteroatoms. The Kier molecular flexibility index (Phi) is 2.81. The van der Waals surface area contributed by atoms with Crippen molar-refractivity contribution in [3.05, 3.63) is 25.9 Å². The van der Waals surface area contributed by atoms with Crippen LogP contribution in [0.2, 0.25) is 15.2 Å². The fourth-order valence-corrected chi connectivity index (χ4v) is 1.31. The third kappa shape index (κ3) is 1.56. The topological polar surface area (TPSA) is 12.9 Å². The lowest BCUT2D eigenvalue weighted by molar-refractivity contribution is 1.32. The lowest BCUT2D eigenvalue weighted by atomic mass is 10.5. The van der Waals surface area contributed by atoms with Gasteiger partial charge in [0, 0.05) is 6.20 Å². The summed E-state index contributed by atoms with van der Waals surface area (Å²) in [6, 6.07) is 0. The molecule has 1 heterocycles. The van der Waals surface area contributed by atoms with E-state index in [2.05, 4.69) is 20.9 Å². The SMILES string of the molecule is Clc1cnc(Cl)c(Cl)c1Br. The number of rotatable bonds is 0. The third-order valence-corrected chi connectivity index (χ3v) is 3.19. The van der Waals surface area contributed by atoms with E-state index in [1.807, 2.05) is 0 Å². The van der Waals surface area contributed by atoms with Crippen LogP contribution in [0, 0.1) is 0 Å². The van der Waals surface area contributed by atoms with Gasteiger partial charge in [0.1, 0.15) is 5.15 Å². The number of hydrogen-bond acceptors (Lipinski definition) is 1. The average molecular weight is 261 g/mol. The lowest BCUT2D eigenvalue weighted by Crippen LogP contribution is -1.78. The standard InChI is InChI=1S/C5HBrCl3N/c6-3-2(7)1-10-5(9)4(3)8/h1H. The summed E-state index contributed by atoms with van der Waals surface area (Å²) in [5.74, 6) is 0. The van der Waals surface area contributed by atoms with Gasteiger partial charge in [-0.2, -0.15) is 0 Å². The zero-order chi connectivity index (χ0) is 7.72. The number of halogens is 4. The number of hydrogen-bond donors (Lipinski definition) is 0. The van der Waals surface area contributed by atoms with Crippen LogP contribution < -0.4 is 0 Å². The molecule has 0 saturated heterocycles. The quantitative estimate of drug-likeness (QED) is 0.647. The molecule has 0 saturated carbocycles. The van der Waals surface area contributed by atoms with E-state index in [4.69, 9.17) is 34.8 Å². The fourth-order valence-electron chi connectivity index (χ4n) is 0.422. The van der Waals surface area contributed by atoms with E-state index in [1.165, 1.54) is 6.20 Å². The van der Waals surface area contributed by atoms with Crippen LogP contribution in [0.4, 0.5) is 0 Å². The molecule has 0 amide bonds. The summed E-state index contributed by atoms with van der Waals surface area (Å²) >= 11 is 20.0. The van der Waals surface area contributed by atoms with Gasteiger partial charge in [0.25, 0.3) is 0 Å². The highest BCUT2D eigenvalue weighted by Crippen LogP contribution is 2.33. The molecule has 1 aromatic heterocycles. The molecule has 0 bridgehead atoms. The van der Waals surface area contributed by atoms with Gasteiger partial charge in [0.05, 0.1) is 14.5 Å². The first-order valence-corrected chi connectivity index (χ1v) is 4.20. The van der Waals surface area contributed by atoms with Gasteiger partial charge in [0.15, 0.2) is 0 Å². The summed E-state index contributed by atoms with van der Waals surface area (Å²) in [5, 5.41) is 1.04. The van der Waals surface area contributed by atoms with Crippen LogP contribution in [0.3, 0.4) is 0 Å². The summed E-state index contributed by atoms with van der Waals surface area (Å²) in [7, 11) is 0. The van der Waals surface area contributed by atoms with E-state index in [0.29, 0.717) is 14.5 Å². The van der Waals surface area contributed by atoms with Gasteiger partial charge in [-0.15, -0.1) is 0 Å². The first-order valence-electron chi connectivity index (χ1n) is 2.28. The molecule has 0 aliphatic carbocycles. The molecule has 0 spiro atoms. The molecular formula is C5HBrCl3N. The van der Waals surface area contributed by atoms with E-state index < -0.39 is 0 Å². The van der Waals surface area contributed by atoms with Gasteiger partial charge < -0.3 is 0 Å². The first-order chi connectivity index (χ1) is 4.63. The second kappa shape index (κ2) is 3.26. The van der Waals surface area contributed by atoms with Crippen LogP contribution in [0.25, 0.3) is 0 Å². The fraction of sp³-hybridized carbons (Fsp3) is 0. The molecule has 0 atom stereocenters. The zero-order valence-electron chi connectivity index (χ0n) is 4.54. The van der Waals surface area contributed by atoms with E-state index in [0.717, 1.165) is 0 Å². The van der Waals surface area contributed by atoms with Crippen molar-refractivity contribution in [3.63, 3.8) is 0 Å². The Hall–Kier alpha value is 0.500. The third-order valence-electron chi connectivity index (χ3n) is 0.875. The second-order valence-electron chi connectivity index (χ2n) is 1.52. The molecule has 0 N–H and O–H groups in total. The van der Waals surface area contributed by atoms with Crippen molar-refractivity contribution < 1.29 is 0 Å². The highest BCUT2D eigenvalue weighted by atomic mass is 79.9. The number of pyridine rings is 1. The Morgan fingerprint density at radius 3 is 2.40 bits per heavy atom. The van der Waals surface area contributed by atoms with E-state index in [9.17, 15) is 0 Å². The maximum absolute atomic E-state index is 5.66. The van der Waals surface area contributed by atoms with Gasteiger partial charge in [-0.25, -0.2) is 4.98 Å². The largest absolute Gasteiger partial charge is 0.241 e. The highest BCUT2D eigenvalue weighted by molar-refractivity contribution is 9.10. The zero-order valence-corrected chi connectivity index (χ0v) is 8.39. The van der Waals surface area contributed by atoms with Crippen molar-refractivity contribution in [2.75, 3.05) is 0 Å². The summed E-state index contributed by atoms with van der Waals surface area (Å²) in [4.78, 5) is 3.71. The van der Waals surface area contributed by atoms with Crippen molar-refractivity contribution >= 4 is 50.7 Å². The van der Waals surface area contributed by atoms with E-state index >= 15 is 0 Å². The molecule has 1 rings (SSSR count). The highest BCUT2D eigenvalue weighted by Gasteiger charge is 2.06. The van der Waals surface area contributed by atoms with Crippen LogP contribution in [-0.4, -0.2) is 4.98 Å². The van der Waals surface area contributed by atoms with Crippen LogP contribution in [0.15, 0.2) is 10.7 Å². The average Bonchev–Trinajstić information content (AvgIpc) is 1.93. The van der Waals surface area contributed by atoms with Crippen LogP contribution in [0.5, 0.6) is 0 Å². The molecule has 0 radical (unpaired) electrons. The Bertz CT molecular complexity index is 236. The number of nitrogens with zero attached hydrogens (tertiary/aromatic N) is 1. The van der Waals surface area contributed by atoms with Crippen molar-refractivity contribution in [1.29, 1.82) is 0 Å². The molecule has 0 aliphatic rings. The van der Waals surface area contributed by atoms with Gasteiger partial charge >= 0.3 is 0 Å². The monoisotopic (exact) mass is 259 g/mol. The smallest absolute Gasteiger partial charge is 0.148 e. The minimum Gasteiger partial charge on any atom is -0.241 e. The van der Waals surface area contributed by atoms with Crippen molar-refractivity contribution in [2.45, 2.75) is 0 Å². The van der Waals surface area contributed by atoms with Gasteiger partial charge in [-0.05, 0) is 15.9 Å². The van der Waals surface area contributed by atoms with Crippen molar-refractivity contribution in [2.24, 2.45) is 0 Å². The summed E-state index contributed by atoms with van der Waals surface area (Å²) in [5.41, 5.74) is 0. The van der Waals surface area contributed by atoms with Gasteiger partial charge in [0.2, 0.25) is 0 Å². The van der Waals surface area contributed by atoms with Crippen LogP contribution in [0.1, 0.15) is 0 Å². The predicted molar refractivity (Wildman–Crippen MR) is 47.0 cm³/mol. The maximum Gasteiger partial charge on any atom is 0.148 e.